The molecule has 51 heavy (non-hydrogen) atoms. The number of imidazole rings is 1. The molecule has 238 valence electrons. The van der Waals surface area contributed by atoms with Gasteiger partial charge in [0.1, 0.15) is 0 Å². The Morgan fingerprint density at radius 3 is 1.76 bits per heavy atom. The highest BCUT2D eigenvalue weighted by Gasteiger charge is 2.22. The van der Waals surface area contributed by atoms with Gasteiger partial charge in [0.05, 0.1) is 38.0 Å². The van der Waals surface area contributed by atoms with E-state index in [1.807, 2.05) is 60.7 Å². The van der Waals surface area contributed by atoms with E-state index in [0.29, 0.717) is 17.5 Å². The van der Waals surface area contributed by atoms with Crippen molar-refractivity contribution in [2.24, 2.45) is 0 Å². The Labute approximate surface area is 295 Å². The van der Waals surface area contributed by atoms with Gasteiger partial charge in [0.25, 0.3) is 0 Å². The van der Waals surface area contributed by atoms with E-state index in [2.05, 4.69) is 106 Å². The van der Waals surface area contributed by atoms with E-state index in [4.69, 9.17) is 19.9 Å². The molecule has 0 aliphatic rings. The first-order valence-corrected chi connectivity index (χ1v) is 17.7. The predicted molar refractivity (Wildman–Crippen MR) is 210 cm³/mol. The summed E-state index contributed by atoms with van der Waals surface area (Å²) in [5.74, 6) is 1.93. The number of hydrogen-bond donors (Lipinski definition) is 0. The first-order valence-electron chi connectivity index (χ1n) is 16.9. The predicted octanol–water partition coefficient (Wildman–Crippen LogP) is 11.1. The average Bonchev–Trinajstić information content (AvgIpc) is 3.86. The lowest BCUT2D eigenvalue weighted by Crippen LogP contribution is -2.01. The van der Waals surface area contributed by atoms with Gasteiger partial charge in [-0.15, -0.1) is 0 Å². The molecule has 11 aromatic rings. The third-order valence-electron chi connectivity index (χ3n) is 9.82. The second kappa shape index (κ2) is 10.9. The van der Waals surface area contributed by atoms with Gasteiger partial charge in [-0.25, -0.2) is 19.9 Å². The molecule has 0 aliphatic carbocycles. The van der Waals surface area contributed by atoms with Crippen molar-refractivity contribution < 1.29 is 0 Å². The summed E-state index contributed by atoms with van der Waals surface area (Å²) in [5.41, 5.74) is 9.59. The van der Waals surface area contributed by atoms with Crippen LogP contribution in [0.15, 0.2) is 158 Å². The highest BCUT2D eigenvalue weighted by Crippen LogP contribution is 2.43. The molecule has 0 saturated carbocycles. The standard InChI is InChI=1S/C44H26N6S/c1-3-13-27(14-4-1)41-46-42(28-15-5-2-6-16-28)48-43(47-41)33-24-25-36(30-18-8-7-17-29(30)33)49-35-21-11-9-19-31(35)32-23-26-38-40(39(32)49)51-44-45-34-20-10-12-22-37(34)50(38)44/h1-26H. The smallest absolute Gasteiger partial charge is 0.195 e. The average molecular weight is 671 g/mol. The Kier molecular flexibility index (Phi) is 6.02. The van der Waals surface area contributed by atoms with E-state index in [1.165, 1.54) is 21.0 Å². The zero-order chi connectivity index (χ0) is 33.5. The number of para-hydroxylation sites is 3. The van der Waals surface area contributed by atoms with Crippen LogP contribution in [0.3, 0.4) is 0 Å². The van der Waals surface area contributed by atoms with Gasteiger partial charge >= 0.3 is 0 Å². The summed E-state index contributed by atoms with van der Waals surface area (Å²) in [7, 11) is 0. The minimum atomic E-state index is 0.640. The van der Waals surface area contributed by atoms with Crippen molar-refractivity contribution >= 4 is 70.1 Å². The van der Waals surface area contributed by atoms with Crippen molar-refractivity contribution in [2.75, 3.05) is 0 Å². The summed E-state index contributed by atoms with van der Waals surface area (Å²) in [6, 6.07) is 54.9. The van der Waals surface area contributed by atoms with Crippen LogP contribution in [0.1, 0.15) is 0 Å². The maximum absolute atomic E-state index is 5.09. The van der Waals surface area contributed by atoms with Gasteiger partial charge in [-0.3, -0.25) is 4.40 Å². The monoisotopic (exact) mass is 670 g/mol. The molecule has 7 aromatic carbocycles. The molecule has 6 nitrogen and oxygen atoms in total. The number of rotatable bonds is 4. The summed E-state index contributed by atoms with van der Waals surface area (Å²) in [4.78, 5) is 21.1. The largest absolute Gasteiger partial charge is 0.307 e. The molecule has 4 aromatic heterocycles. The molecular weight excluding hydrogens is 645 g/mol. The zero-order valence-electron chi connectivity index (χ0n) is 27.1. The van der Waals surface area contributed by atoms with Crippen molar-refractivity contribution in [1.29, 1.82) is 0 Å². The summed E-state index contributed by atoms with van der Waals surface area (Å²) >= 11 is 1.75. The SMILES string of the molecule is c1ccc(-c2nc(-c3ccccc3)nc(-c3ccc(-n4c5ccccc5c5ccc6c(sc7nc8ccccc8n76)c54)c4ccccc34)n2)cc1. The summed E-state index contributed by atoms with van der Waals surface area (Å²) in [5, 5.41) is 4.63. The maximum Gasteiger partial charge on any atom is 0.195 e. The lowest BCUT2D eigenvalue weighted by molar-refractivity contribution is 1.08. The van der Waals surface area contributed by atoms with Gasteiger partial charge in [-0.05, 0) is 41.8 Å². The minimum Gasteiger partial charge on any atom is -0.307 e. The molecule has 0 fully saturated rings. The molecule has 0 amide bonds. The molecule has 0 spiro atoms. The van der Waals surface area contributed by atoms with E-state index < -0.39 is 0 Å². The van der Waals surface area contributed by atoms with Gasteiger partial charge < -0.3 is 4.57 Å². The Morgan fingerprint density at radius 1 is 0.412 bits per heavy atom. The number of nitrogens with zero attached hydrogens (tertiary/aromatic N) is 6. The number of thiazole rings is 1. The van der Waals surface area contributed by atoms with Gasteiger partial charge in [0.15, 0.2) is 22.4 Å². The Balaban J connectivity index is 1.20. The molecule has 0 saturated heterocycles. The van der Waals surface area contributed by atoms with E-state index >= 15 is 0 Å². The second-order valence-corrected chi connectivity index (χ2v) is 13.7. The number of aromatic nitrogens is 6. The lowest BCUT2D eigenvalue weighted by atomic mass is 10.0. The molecular formula is C44H26N6S. The zero-order valence-corrected chi connectivity index (χ0v) is 27.9. The fourth-order valence-electron chi connectivity index (χ4n) is 7.54. The number of fused-ring (bicyclic) bond motifs is 10. The Morgan fingerprint density at radius 2 is 1.02 bits per heavy atom. The number of benzene rings is 7. The van der Waals surface area contributed by atoms with E-state index in [1.54, 1.807) is 11.3 Å². The van der Waals surface area contributed by atoms with Crippen molar-refractivity contribution in [3.63, 3.8) is 0 Å². The summed E-state index contributed by atoms with van der Waals surface area (Å²) in [6.07, 6.45) is 0. The van der Waals surface area contributed by atoms with Crippen molar-refractivity contribution in [1.82, 2.24) is 28.9 Å². The van der Waals surface area contributed by atoms with Crippen LogP contribution in [0.2, 0.25) is 0 Å². The van der Waals surface area contributed by atoms with Gasteiger partial charge in [0.2, 0.25) is 0 Å². The highest BCUT2D eigenvalue weighted by molar-refractivity contribution is 7.24. The van der Waals surface area contributed by atoms with E-state index in [9.17, 15) is 0 Å². The highest BCUT2D eigenvalue weighted by atomic mass is 32.1. The van der Waals surface area contributed by atoms with Crippen LogP contribution in [-0.4, -0.2) is 28.9 Å². The van der Waals surface area contributed by atoms with Gasteiger partial charge in [0, 0.05) is 32.8 Å². The first-order chi connectivity index (χ1) is 25.3. The molecule has 0 unspecified atom stereocenters. The molecule has 0 radical (unpaired) electrons. The first kappa shape index (κ1) is 28.2. The van der Waals surface area contributed by atoms with Crippen LogP contribution in [-0.2, 0) is 0 Å². The quantitative estimate of drug-likeness (QED) is 0.187. The fraction of sp³-hybridized carbons (Fsp3) is 0. The second-order valence-electron chi connectivity index (χ2n) is 12.7. The topological polar surface area (TPSA) is 60.9 Å². The van der Waals surface area contributed by atoms with Gasteiger partial charge in [-0.2, -0.15) is 0 Å². The third-order valence-corrected chi connectivity index (χ3v) is 10.9. The number of hydrogen-bond acceptors (Lipinski definition) is 5. The molecule has 0 atom stereocenters. The van der Waals surface area contributed by atoms with Crippen molar-refractivity contribution in [3.05, 3.63) is 158 Å². The fourth-order valence-corrected chi connectivity index (χ4v) is 8.72. The van der Waals surface area contributed by atoms with Crippen LogP contribution in [0.25, 0.3) is 98.6 Å². The summed E-state index contributed by atoms with van der Waals surface area (Å²) < 4.78 is 5.95. The van der Waals surface area contributed by atoms with Crippen LogP contribution in [0, 0.1) is 0 Å². The third kappa shape index (κ3) is 4.22. The van der Waals surface area contributed by atoms with Gasteiger partial charge in [-0.1, -0.05) is 133 Å². The van der Waals surface area contributed by atoms with Crippen LogP contribution < -0.4 is 0 Å². The Hall–Kier alpha value is -6.70. The normalized spacial score (nSPS) is 11.9. The van der Waals surface area contributed by atoms with Crippen molar-refractivity contribution in [2.45, 2.75) is 0 Å². The van der Waals surface area contributed by atoms with Crippen molar-refractivity contribution in [3.8, 4) is 39.9 Å². The molecule has 0 aliphatic heterocycles. The molecule has 0 N–H and O–H groups in total. The molecule has 4 heterocycles. The maximum atomic E-state index is 5.09. The van der Waals surface area contributed by atoms with E-state index in [0.717, 1.165) is 60.2 Å². The van der Waals surface area contributed by atoms with E-state index in [-0.39, 0.29) is 0 Å². The molecule has 7 heteroatoms. The Bertz CT molecular complexity index is 3080. The molecule has 0 bridgehead atoms. The lowest BCUT2D eigenvalue weighted by Gasteiger charge is -2.15. The summed E-state index contributed by atoms with van der Waals surface area (Å²) in [6.45, 7) is 0. The van der Waals surface area contributed by atoms with Crippen LogP contribution in [0.5, 0.6) is 0 Å². The van der Waals surface area contributed by atoms with Crippen LogP contribution >= 0.6 is 11.3 Å². The molecule has 11 rings (SSSR count). The minimum absolute atomic E-state index is 0.640. The van der Waals surface area contributed by atoms with Crippen LogP contribution in [0.4, 0.5) is 0 Å².